The van der Waals surface area contributed by atoms with Crippen molar-refractivity contribution in [1.29, 1.82) is 0 Å². The SMILES string of the molecule is CC=C(C)C(CC=C(C)C)N=CC(C)CCC=C(C)C. The Kier molecular flexibility index (Phi) is 10.1. The van der Waals surface area contributed by atoms with Crippen molar-refractivity contribution in [3.05, 3.63) is 34.9 Å². The van der Waals surface area contributed by atoms with E-state index in [0.717, 1.165) is 12.8 Å². The summed E-state index contributed by atoms with van der Waals surface area (Å²) in [6, 6.07) is 0.306. The molecule has 0 rings (SSSR count). The second-order valence-electron chi connectivity index (χ2n) is 6.20. The zero-order valence-electron chi connectivity index (χ0n) is 14.5. The number of hydrogen-bond acceptors (Lipinski definition) is 1. The van der Waals surface area contributed by atoms with Gasteiger partial charge in [-0.1, -0.05) is 41.9 Å². The van der Waals surface area contributed by atoms with Gasteiger partial charge in [0.15, 0.2) is 0 Å². The average molecular weight is 275 g/mol. The van der Waals surface area contributed by atoms with Crippen LogP contribution >= 0.6 is 0 Å². The smallest absolute Gasteiger partial charge is 0.0736 e. The lowest BCUT2D eigenvalue weighted by atomic mass is 10.0. The van der Waals surface area contributed by atoms with Gasteiger partial charge in [0, 0.05) is 6.21 Å². The second kappa shape index (κ2) is 10.7. The Morgan fingerprint density at radius 3 is 2.10 bits per heavy atom. The molecule has 0 saturated heterocycles. The van der Waals surface area contributed by atoms with Crippen LogP contribution in [0.1, 0.15) is 67.7 Å². The number of hydrogen-bond donors (Lipinski definition) is 0. The minimum absolute atomic E-state index is 0.306. The zero-order valence-corrected chi connectivity index (χ0v) is 14.5. The summed E-state index contributed by atoms with van der Waals surface area (Å²) < 4.78 is 0. The fourth-order valence-electron chi connectivity index (χ4n) is 1.86. The summed E-state index contributed by atoms with van der Waals surface area (Å²) >= 11 is 0. The Morgan fingerprint density at radius 2 is 1.60 bits per heavy atom. The summed E-state index contributed by atoms with van der Waals surface area (Å²) in [5.74, 6) is 0.546. The lowest BCUT2D eigenvalue weighted by Gasteiger charge is -2.12. The first-order chi connectivity index (χ1) is 9.36. The predicted molar refractivity (Wildman–Crippen MR) is 93.6 cm³/mol. The highest BCUT2D eigenvalue weighted by Crippen LogP contribution is 2.14. The van der Waals surface area contributed by atoms with Crippen molar-refractivity contribution in [2.24, 2.45) is 10.9 Å². The Balaban J connectivity index is 4.52. The van der Waals surface area contributed by atoms with Gasteiger partial charge in [-0.3, -0.25) is 4.99 Å². The van der Waals surface area contributed by atoms with E-state index in [-0.39, 0.29) is 0 Å². The lowest BCUT2D eigenvalue weighted by molar-refractivity contribution is 0.690. The van der Waals surface area contributed by atoms with E-state index in [1.54, 1.807) is 0 Å². The molecule has 0 aliphatic carbocycles. The summed E-state index contributed by atoms with van der Waals surface area (Å²) in [7, 11) is 0. The maximum atomic E-state index is 4.81. The molecule has 0 saturated carbocycles. The molecule has 0 aliphatic heterocycles. The molecular weight excluding hydrogens is 242 g/mol. The van der Waals surface area contributed by atoms with Crippen molar-refractivity contribution in [2.75, 3.05) is 0 Å². The third kappa shape index (κ3) is 9.77. The van der Waals surface area contributed by atoms with Gasteiger partial charge in [0.25, 0.3) is 0 Å². The van der Waals surface area contributed by atoms with Crippen LogP contribution in [-0.4, -0.2) is 12.3 Å². The predicted octanol–water partition coefficient (Wildman–Crippen LogP) is 6.13. The summed E-state index contributed by atoms with van der Waals surface area (Å²) in [6.45, 7) is 15.1. The second-order valence-corrected chi connectivity index (χ2v) is 6.20. The molecule has 20 heavy (non-hydrogen) atoms. The van der Waals surface area contributed by atoms with E-state index in [4.69, 9.17) is 4.99 Å². The Labute approximate surface area is 126 Å². The maximum absolute atomic E-state index is 4.81. The highest BCUT2D eigenvalue weighted by molar-refractivity contribution is 5.60. The number of allylic oxidation sites excluding steroid dienone is 4. The molecule has 1 heteroatoms. The third-order valence-electron chi connectivity index (χ3n) is 3.43. The molecular formula is C19H33N. The quantitative estimate of drug-likeness (QED) is 0.373. The molecule has 1 nitrogen and oxygen atoms in total. The highest BCUT2D eigenvalue weighted by Gasteiger charge is 2.06. The first-order valence-corrected chi connectivity index (χ1v) is 7.79. The average Bonchev–Trinajstić information content (AvgIpc) is 2.37. The van der Waals surface area contributed by atoms with E-state index in [9.17, 15) is 0 Å². The third-order valence-corrected chi connectivity index (χ3v) is 3.43. The van der Waals surface area contributed by atoms with Crippen molar-refractivity contribution in [2.45, 2.75) is 73.8 Å². The number of aliphatic imine (C=N–C) groups is 1. The molecule has 0 aliphatic rings. The summed E-state index contributed by atoms with van der Waals surface area (Å²) in [5.41, 5.74) is 4.13. The Bertz CT molecular complexity index is 375. The van der Waals surface area contributed by atoms with Crippen LogP contribution in [0.25, 0.3) is 0 Å². The molecule has 0 heterocycles. The topological polar surface area (TPSA) is 12.4 Å². The van der Waals surface area contributed by atoms with Crippen molar-refractivity contribution >= 4 is 6.21 Å². The van der Waals surface area contributed by atoms with Crippen LogP contribution in [0.2, 0.25) is 0 Å². The van der Waals surface area contributed by atoms with Gasteiger partial charge < -0.3 is 0 Å². The molecule has 2 unspecified atom stereocenters. The molecule has 0 spiro atoms. The minimum atomic E-state index is 0.306. The van der Waals surface area contributed by atoms with Crippen LogP contribution < -0.4 is 0 Å². The molecule has 0 aromatic carbocycles. The van der Waals surface area contributed by atoms with Crippen LogP contribution in [0.5, 0.6) is 0 Å². The van der Waals surface area contributed by atoms with Crippen LogP contribution in [0, 0.1) is 5.92 Å². The van der Waals surface area contributed by atoms with Gasteiger partial charge in [0.1, 0.15) is 0 Å². The lowest BCUT2D eigenvalue weighted by Crippen LogP contribution is -2.07. The molecule has 0 fully saturated rings. The van der Waals surface area contributed by atoms with E-state index in [2.05, 4.69) is 72.9 Å². The highest BCUT2D eigenvalue weighted by atomic mass is 14.8. The normalized spacial score (nSPS) is 15.1. The summed E-state index contributed by atoms with van der Waals surface area (Å²) in [4.78, 5) is 4.81. The van der Waals surface area contributed by atoms with Gasteiger partial charge in [0.2, 0.25) is 0 Å². The summed E-state index contributed by atoms with van der Waals surface area (Å²) in [5, 5.41) is 0. The molecule has 0 bridgehead atoms. The molecule has 0 N–H and O–H groups in total. The summed E-state index contributed by atoms with van der Waals surface area (Å²) in [6.07, 6.45) is 12.3. The first kappa shape index (κ1) is 18.9. The molecule has 0 aromatic rings. The molecule has 114 valence electrons. The van der Waals surface area contributed by atoms with Crippen LogP contribution in [0.4, 0.5) is 0 Å². The van der Waals surface area contributed by atoms with Crippen LogP contribution in [0.3, 0.4) is 0 Å². The largest absolute Gasteiger partial charge is 0.289 e. The Morgan fingerprint density at radius 1 is 1.00 bits per heavy atom. The molecule has 0 amide bonds. The van der Waals surface area contributed by atoms with Crippen molar-refractivity contribution in [3.8, 4) is 0 Å². The Hall–Kier alpha value is -1.11. The monoisotopic (exact) mass is 275 g/mol. The van der Waals surface area contributed by atoms with Crippen molar-refractivity contribution in [3.63, 3.8) is 0 Å². The van der Waals surface area contributed by atoms with E-state index < -0.39 is 0 Å². The molecule has 0 aromatic heterocycles. The standard InChI is InChI=1S/C19H33N/c1-8-18(7)19(13-12-16(4)5)20-14-17(6)11-9-10-15(2)3/h8,10,12,14,17,19H,9,11,13H2,1-7H3. The van der Waals surface area contributed by atoms with Gasteiger partial charge in [-0.05, 0) is 66.7 Å². The molecule has 0 radical (unpaired) electrons. The van der Waals surface area contributed by atoms with E-state index in [1.165, 1.54) is 23.1 Å². The van der Waals surface area contributed by atoms with E-state index in [0.29, 0.717) is 12.0 Å². The zero-order chi connectivity index (χ0) is 15.5. The van der Waals surface area contributed by atoms with Crippen molar-refractivity contribution in [1.82, 2.24) is 0 Å². The first-order valence-electron chi connectivity index (χ1n) is 7.79. The van der Waals surface area contributed by atoms with Gasteiger partial charge >= 0.3 is 0 Å². The fourth-order valence-corrected chi connectivity index (χ4v) is 1.86. The van der Waals surface area contributed by atoms with Gasteiger partial charge in [0.05, 0.1) is 6.04 Å². The van der Waals surface area contributed by atoms with Gasteiger partial charge in [-0.2, -0.15) is 0 Å². The molecule has 2 atom stereocenters. The van der Waals surface area contributed by atoms with E-state index >= 15 is 0 Å². The van der Waals surface area contributed by atoms with Crippen molar-refractivity contribution < 1.29 is 0 Å². The van der Waals surface area contributed by atoms with Crippen LogP contribution in [-0.2, 0) is 0 Å². The number of rotatable bonds is 8. The van der Waals surface area contributed by atoms with Crippen LogP contribution in [0.15, 0.2) is 39.9 Å². The maximum Gasteiger partial charge on any atom is 0.0736 e. The fraction of sp³-hybridized carbons (Fsp3) is 0.632. The number of nitrogens with zero attached hydrogens (tertiary/aromatic N) is 1. The van der Waals surface area contributed by atoms with Gasteiger partial charge in [-0.25, -0.2) is 0 Å². The van der Waals surface area contributed by atoms with Gasteiger partial charge in [-0.15, -0.1) is 0 Å². The van der Waals surface area contributed by atoms with E-state index in [1.807, 2.05) is 0 Å². The minimum Gasteiger partial charge on any atom is -0.289 e.